The summed E-state index contributed by atoms with van der Waals surface area (Å²) in [6.07, 6.45) is 0.867. The second kappa shape index (κ2) is 12.0. The maximum Gasteiger partial charge on any atom is 0.251 e. The van der Waals surface area contributed by atoms with Crippen molar-refractivity contribution in [3.05, 3.63) is 48.0 Å². The zero-order valence-corrected chi connectivity index (χ0v) is 20.8. The lowest BCUT2D eigenvalue weighted by Crippen LogP contribution is -2.43. The van der Waals surface area contributed by atoms with Crippen molar-refractivity contribution in [1.29, 1.82) is 0 Å². The molecule has 0 saturated carbocycles. The Morgan fingerprint density at radius 3 is 2.51 bits per heavy atom. The molecule has 1 aromatic heterocycles. The Labute approximate surface area is 205 Å². The van der Waals surface area contributed by atoms with Crippen molar-refractivity contribution in [1.82, 2.24) is 25.5 Å². The normalized spacial score (nSPS) is 10.8. The van der Waals surface area contributed by atoms with Crippen molar-refractivity contribution >= 4 is 17.5 Å². The number of methoxy groups -OCH3 is 2. The number of hydrogen-bond acceptors (Lipinski definition) is 7. The summed E-state index contributed by atoms with van der Waals surface area (Å²) in [4.78, 5) is 28.6. The van der Waals surface area contributed by atoms with Crippen molar-refractivity contribution < 1.29 is 19.1 Å². The number of anilines is 1. The van der Waals surface area contributed by atoms with Crippen LogP contribution in [0.5, 0.6) is 11.5 Å². The minimum Gasteiger partial charge on any atom is -0.493 e. The van der Waals surface area contributed by atoms with E-state index in [0.29, 0.717) is 41.0 Å². The number of nitrogens with zero attached hydrogens (tertiary/aromatic N) is 5. The van der Waals surface area contributed by atoms with Gasteiger partial charge in [-0.2, -0.15) is 4.80 Å². The molecule has 2 amide bonds. The molecule has 0 fully saturated rings. The zero-order valence-electron chi connectivity index (χ0n) is 20.8. The predicted molar refractivity (Wildman–Crippen MR) is 132 cm³/mol. The highest BCUT2D eigenvalue weighted by molar-refractivity contribution is 5.99. The Morgan fingerprint density at radius 2 is 1.83 bits per heavy atom. The first-order chi connectivity index (χ1) is 16.8. The van der Waals surface area contributed by atoms with Crippen LogP contribution in [0.2, 0.25) is 0 Å². The topological polar surface area (TPSA) is 111 Å². The lowest BCUT2D eigenvalue weighted by molar-refractivity contribution is -0.124. The van der Waals surface area contributed by atoms with Crippen LogP contribution >= 0.6 is 0 Å². The number of tetrazole rings is 1. The van der Waals surface area contributed by atoms with E-state index in [4.69, 9.17) is 9.47 Å². The van der Waals surface area contributed by atoms with Gasteiger partial charge in [-0.1, -0.05) is 32.0 Å². The molecular weight excluding hydrogens is 448 g/mol. The molecule has 0 radical (unpaired) electrons. The van der Waals surface area contributed by atoms with E-state index in [1.54, 1.807) is 32.4 Å². The van der Waals surface area contributed by atoms with Crippen molar-refractivity contribution in [2.45, 2.75) is 33.7 Å². The van der Waals surface area contributed by atoms with Crippen molar-refractivity contribution in [2.24, 2.45) is 5.92 Å². The van der Waals surface area contributed by atoms with Gasteiger partial charge in [-0.3, -0.25) is 9.59 Å². The Kier molecular flexibility index (Phi) is 8.77. The van der Waals surface area contributed by atoms with Crippen LogP contribution < -0.4 is 19.7 Å². The number of nitrogens with one attached hydrogen (secondary N) is 1. The Balaban J connectivity index is 1.77. The lowest BCUT2D eigenvalue weighted by Gasteiger charge is -2.24. The quantitative estimate of drug-likeness (QED) is 0.449. The molecule has 1 N–H and O–H groups in total. The summed E-state index contributed by atoms with van der Waals surface area (Å²) < 4.78 is 10.6. The van der Waals surface area contributed by atoms with Crippen LogP contribution in [0, 0.1) is 12.8 Å². The highest BCUT2D eigenvalue weighted by Crippen LogP contribution is 2.30. The van der Waals surface area contributed by atoms with Gasteiger partial charge in [0.25, 0.3) is 5.91 Å². The molecule has 0 saturated heterocycles. The largest absolute Gasteiger partial charge is 0.493 e. The summed E-state index contributed by atoms with van der Waals surface area (Å²) in [7, 11) is 3.10. The van der Waals surface area contributed by atoms with Gasteiger partial charge in [-0.25, -0.2) is 0 Å². The Bertz CT molecular complexity index is 1160. The molecular formula is C25H32N6O4. The minimum atomic E-state index is -0.324. The van der Waals surface area contributed by atoms with Crippen LogP contribution in [-0.2, 0) is 16.1 Å². The lowest BCUT2D eigenvalue weighted by atomic mass is 10.1. The average Bonchev–Trinajstić information content (AvgIpc) is 3.30. The van der Waals surface area contributed by atoms with E-state index >= 15 is 0 Å². The third kappa shape index (κ3) is 6.78. The van der Waals surface area contributed by atoms with Crippen molar-refractivity contribution in [2.75, 3.05) is 32.2 Å². The van der Waals surface area contributed by atoms with Gasteiger partial charge < -0.3 is 19.7 Å². The second-order valence-corrected chi connectivity index (χ2v) is 8.51. The van der Waals surface area contributed by atoms with Crippen molar-refractivity contribution in [3.63, 3.8) is 0 Å². The van der Waals surface area contributed by atoms with Crippen LogP contribution in [0.1, 0.15) is 25.8 Å². The fourth-order valence-electron chi connectivity index (χ4n) is 3.48. The molecule has 0 aliphatic heterocycles. The number of carbonyl (C=O) groups is 2. The van der Waals surface area contributed by atoms with E-state index in [0.717, 1.165) is 12.0 Å². The third-order valence-electron chi connectivity index (χ3n) is 5.42. The maximum atomic E-state index is 13.3. The number of benzene rings is 2. The molecule has 35 heavy (non-hydrogen) atoms. The van der Waals surface area contributed by atoms with Crippen LogP contribution in [0.3, 0.4) is 0 Å². The first kappa shape index (κ1) is 25.7. The van der Waals surface area contributed by atoms with E-state index < -0.39 is 0 Å². The summed E-state index contributed by atoms with van der Waals surface area (Å²) in [5, 5.41) is 15.3. The van der Waals surface area contributed by atoms with Gasteiger partial charge in [0.1, 0.15) is 13.1 Å². The minimum absolute atomic E-state index is 0.0982. The van der Waals surface area contributed by atoms with Crippen LogP contribution in [0.15, 0.2) is 42.5 Å². The second-order valence-electron chi connectivity index (χ2n) is 8.51. The average molecular weight is 481 g/mol. The molecule has 3 rings (SSSR count). The van der Waals surface area contributed by atoms with Gasteiger partial charge in [-0.05, 0) is 54.3 Å². The molecule has 2 aromatic carbocycles. The first-order valence-corrected chi connectivity index (χ1v) is 11.4. The molecule has 0 bridgehead atoms. The van der Waals surface area contributed by atoms with Crippen LogP contribution in [0.4, 0.5) is 5.69 Å². The Morgan fingerprint density at radius 1 is 1.09 bits per heavy atom. The molecule has 10 heteroatoms. The molecule has 1 heterocycles. The van der Waals surface area contributed by atoms with E-state index in [1.165, 1.54) is 9.70 Å². The predicted octanol–water partition coefficient (Wildman–Crippen LogP) is 2.86. The van der Waals surface area contributed by atoms with E-state index in [2.05, 4.69) is 34.6 Å². The number of hydrogen-bond donors (Lipinski definition) is 1. The monoisotopic (exact) mass is 480 g/mol. The van der Waals surface area contributed by atoms with Gasteiger partial charge >= 0.3 is 0 Å². The van der Waals surface area contributed by atoms with Gasteiger partial charge in [0.2, 0.25) is 11.7 Å². The Hall–Kier alpha value is -3.95. The summed E-state index contributed by atoms with van der Waals surface area (Å²) in [6.45, 7) is 6.38. The van der Waals surface area contributed by atoms with E-state index in [1.807, 2.05) is 31.2 Å². The first-order valence-electron chi connectivity index (χ1n) is 11.4. The molecule has 0 atom stereocenters. The fourth-order valence-corrected chi connectivity index (χ4v) is 3.48. The van der Waals surface area contributed by atoms with Gasteiger partial charge in [0.05, 0.1) is 14.2 Å². The number of ether oxygens (including phenoxy) is 2. The number of amides is 2. The maximum absolute atomic E-state index is 13.3. The molecule has 0 aliphatic rings. The number of rotatable bonds is 11. The fraction of sp³-hybridized carbons (Fsp3) is 0.400. The van der Waals surface area contributed by atoms with E-state index in [9.17, 15) is 9.59 Å². The van der Waals surface area contributed by atoms with Gasteiger partial charge in [-0.15, -0.1) is 10.2 Å². The third-order valence-corrected chi connectivity index (χ3v) is 5.42. The summed E-state index contributed by atoms with van der Waals surface area (Å²) in [5.74, 6) is 1.38. The molecule has 0 spiro atoms. The molecule has 0 unspecified atom stereocenters. The highest BCUT2D eigenvalue weighted by Gasteiger charge is 2.22. The zero-order chi connectivity index (χ0) is 25.4. The summed E-state index contributed by atoms with van der Waals surface area (Å²) in [6, 6.07) is 12.7. The van der Waals surface area contributed by atoms with Crippen molar-refractivity contribution in [3.8, 4) is 22.9 Å². The van der Waals surface area contributed by atoms with Gasteiger partial charge in [0.15, 0.2) is 11.5 Å². The van der Waals surface area contributed by atoms with Gasteiger partial charge in [0, 0.05) is 17.8 Å². The van der Waals surface area contributed by atoms with Crippen LogP contribution in [0.25, 0.3) is 11.4 Å². The summed E-state index contributed by atoms with van der Waals surface area (Å²) >= 11 is 0. The summed E-state index contributed by atoms with van der Waals surface area (Å²) in [5.41, 5.74) is 2.21. The standard InChI is InChI=1S/C25H32N6O4/c1-17(2)12-13-26-23(32)15-30(20-9-7-6-8-18(20)3)24(33)16-31-28-25(27-29-31)19-10-11-21(34-4)22(14-19)35-5/h6-11,14,17H,12-13,15-16H2,1-5H3,(H,26,32). The number of aromatic nitrogens is 4. The number of para-hydroxylation sites is 1. The molecule has 186 valence electrons. The highest BCUT2D eigenvalue weighted by atomic mass is 16.5. The molecule has 3 aromatic rings. The number of carbonyl (C=O) groups excluding carboxylic acids is 2. The molecule has 0 aliphatic carbocycles. The van der Waals surface area contributed by atoms with Crippen LogP contribution in [-0.4, -0.2) is 59.3 Å². The smallest absolute Gasteiger partial charge is 0.251 e. The molecule has 10 nitrogen and oxygen atoms in total. The number of aryl methyl sites for hydroxylation is 1. The van der Waals surface area contributed by atoms with E-state index in [-0.39, 0.29) is 24.9 Å². The SMILES string of the molecule is COc1ccc(-c2nnn(CC(=O)N(CC(=O)NCCC(C)C)c3ccccc3C)n2)cc1OC.